The molecule has 3 heteroatoms. The molecular formula is C10H12ClNO. The van der Waals surface area contributed by atoms with E-state index >= 15 is 0 Å². The van der Waals surface area contributed by atoms with Crippen LogP contribution in [0.2, 0.25) is 5.02 Å². The Kier molecular flexibility index (Phi) is 1.88. The molecule has 2 nitrogen and oxygen atoms in total. The van der Waals surface area contributed by atoms with Crippen LogP contribution in [-0.2, 0) is 0 Å². The molecular weight excluding hydrogens is 186 g/mol. The molecule has 0 fully saturated rings. The van der Waals surface area contributed by atoms with Gasteiger partial charge in [-0.25, -0.2) is 0 Å². The van der Waals surface area contributed by atoms with Crippen LogP contribution in [0.3, 0.4) is 0 Å². The molecule has 0 amide bonds. The summed E-state index contributed by atoms with van der Waals surface area (Å²) in [4.78, 5) is 0. The Hall–Kier alpha value is -0.890. The highest BCUT2D eigenvalue weighted by Gasteiger charge is 2.25. The maximum atomic E-state index is 5.84. The highest BCUT2D eigenvalue weighted by molar-refractivity contribution is 6.30. The molecule has 0 aliphatic carbocycles. The number of hydrogen-bond donors (Lipinski definition) is 1. The molecule has 1 aliphatic rings. The summed E-state index contributed by atoms with van der Waals surface area (Å²) in [7, 11) is 0. The van der Waals surface area contributed by atoms with Gasteiger partial charge in [0.05, 0.1) is 11.2 Å². The van der Waals surface area contributed by atoms with Crippen LogP contribution < -0.4 is 10.1 Å². The summed E-state index contributed by atoms with van der Waals surface area (Å²) in [6.45, 7) is 4.87. The molecule has 1 aliphatic heterocycles. The maximum absolute atomic E-state index is 5.84. The van der Waals surface area contributed by atoms with E-state index < -0.39 is 0 Å². The van der Waals surface area contributed by atoms with Crippen LogP contribution in [0.1, 0.15) is 13.8 Å². The molecule has 1 aromatic carbocycles. The second-order valence-corrected chi connectivity index (χ2v) is 4.37. The molecule has 0 spiro atoms. The van der Waals surface area contributed by atoms with Crippen molar-refractivity contribution in [1.82, 2.24) is 0 Å². The second kappa shape index (κ2) is 2.81. The third kappa shape index (κ3) is 1.73. The number of halogens is 1. The number of rotatable bonds is 0. The van der Waals surface area contributed by atoms with Gasteiger partial charge < -0.3 is 10.1 Å². The minimum Gasteiger partial charge on any atom is -0.489 e. The van der Waals surface area contributed by atoms with Crippen molar-refractivity contribution in [2.24, 2.45) is 0 Å². The van der Waals surface area contributed by atoms with E-state index in [0.29, 0.717) is 11.6 Å². The van der Waals surface area contributed by atoms with Gasteiger partial charge in [-0.1, -0.05) is 11.6 Å². The summed E-state index contributed by atoms with van der Waals surface area (Å²) in [6.07, 6.45) is 0. The summed E-state index contributed by atoms with van der Waals surface area (Å²) in [5.41, 5.74) is 1.02. The lowest BCUT2D eigenvalue weighted by Gasteiger charge is -2.33. The van der Waals surface area contributed by atoms with Crippen molar-refractivity contribution in [1.29, 1.82) is 0 Å². The molecule has 0 atom stereocenters. The summed E-state index contributed by atoms with van der Waals surface area (Å²) in [6, 6.07) is 5.63. The first kappa shape index (κ1) is 8.70. The van der Waals surface area contributed by atoms with Crippen molar-refractivity contribution in [2.75, 3.05) is 11.9 Å². The van der Waals surface area contributed by atoms with Crippen LogP contribution in [0.25, 0.3) is 0 Å². The number of ether oxygens (including phenoxy) is 1. The van der Waals surface area contributed by atoms with Crippen molar-refractivity contribution in [3.63, 3.8) is 0 Å². The Morgan fingerprint density at radius 3 is 3.00 bits per heavy atom. The minimum atomic E-state index is 0.000823. The standard InChI is InChI=1S/C10H12ClNO/c1-10(2)6-13-9-5-7(11)3-4-8(9)12-10/h3-5,12H,6H2,1-2H3. The van der Waals surface area contributed by atoms with Crippen LogP contribution in [0.5, 0.6) is 5.75 Å². The predicted molar refractivity (Wildman–Crippen MR) is 54.6 cm³/mol. The molecule has 13 heavy (non-hydrogen) atoms. The molecule has 0 aromatic heterocycles. The third-order valence-corrected chi connectivity index (χ3v) is 2.24. The topological polar surface area (TPSA) is 21.3 Å². The van der Waals surface area contributed by atoms with E-state index in [4.69, 9.17) is 16.3 Å². The Morgan fingerprint density at radius 2 is 2.23 bits per heavy atom. The van der Waals surface area contributed by atoms with Gasteiger partial charge in [-0.3, -0.25) is 0 Å². The molecule has 1 N–H and O–H groups in total. The molecule has 2 rings (SSSR count). The predicted octanol–water partition coefficient (Wildman–Crippen LogP) is 2.92. The van der Waals surface area contributed by atoms with Gasteiger partial charge in [-0.15, -0.1) is 0 Å². The fourth-order valence-electron chi connectivity index (χ4n) is 1.38. The first-order chi connectivity index (χ1) is 6.07. The van der Waals surface area contributed by atoms with Gasteiger partial charge in [0.25, 0.3) is 0 Å². The summed E-state index contributed by atoms with van der Waals surface area (Å²) in [5, 5.41) is 4.09. The zero-order chi connectivity index (χ0) is 9.47. The van der Waals surface area contributed by atoms with Crippen molar-refractivity contribution in [3.8, 4) is 5.75 Å². The van der Waals surface area contributed by atoms with E-state index in [1.807, 2.05) is 18.2 Å². The smallest absolute Gasteiger partial charge is 0.144 e. The van der Waals surface area contributed by atoms with E-state index in [1.165, 1.54) is 0 Å². The van der Waals surface area contributed by atoms with Crippen LogP contribution >= 0.6 is 11.6 Å². The zero-order valence-electron chi connectivity index (χ0n) is 7.73. The van der Waals surface area contributed by atoms with Gasteiger partial charge in [0.1, 0.15) is 12.4 Å². The maximum Gasteiger partial charge on any atom is 0.144 e. The minimum absolute atomic E-state index is 0.000823. The summed E-state index contributed by atoms with van der Waals surface area (Å²) in [5.74, 6) is 0.840. The SMILES string of the molecule is CC1(C)COc2cc(Cl)ccc2N1. The van der Waals surface area contributed by atoms with Gasteiger partial charge in [0, 0.05) is 11.1 Å². The first-order valence-corrected chi connectivity index (χ1v) is 4.65. The largest absolute Gasteiger partial charge is 0.489 e. The normalized spacial score (nSPS) is 18.4. The van der Waals surface area contributed by atoms with E-state index in [2.05, 4.69) is 19.2 Å². The Bertz CT molecular complexity index is 336. The quantitative estimate of drug-likeness (QED) is 0.691. The van der Waals surface area contributed by atoms with Crippen LogP contribution in [0.4, 0.5) is 5.69 Å². The van der Waals surface area contributed by atoms with Gasteiger partial charge in [-0.05, 0) is 26.0 Å². The Labute approximate surface area is 82.9 Å². The molecule has 1 aromatic rings. The molecule has 1 heterocycles. The molecule has 0 saturated heterocycles. The number of benzene rings is 1. The van der Waals surface area contributed by atoms with E-state index in [-0.39, 0.29) is 5.54 Å². The fourth-order valence-corrected chi connectivity index (χ4v) is 1.54. The van der Waals surface area contributed by atoms with E-state index in [0.717, 1.165) is 11.4 Å². The summed E-state index contributed by atoms with van der Waals surface area (Å²) < 4.78 is 5.57. The van der Waals surface area contributed by atoms with Crippen molar-refractivity contribution in [3.05, 3.63) is 23.2 Å². The number of hydrogen-bond acceptors (Lipinski definition) is 2. The van der Waals surface area contributed by atoms with Gasteiger partial charge in [-0.2, -0.15) is 0 Å². The lowest BCUT2D eigenvalue weighted by atomic mass is 10.0. The van der Waals surface area contributed by atoms with Crippen molar-refractivity contribution in [2.45, 2.75) is 19.4 Å². The van der Waals surface area contributed by atoms with Gasteiger partial charge >= 0.3 is 0 Å². The average Bonchev–Trinajstić information content (AvgIpc) is 2.05. The monoisotopic (exact) mass is 197 g/mol. The second-order valence-electron chi connectivity index (χ2n) is 3.94. The number of fused-ring (bicyclic) bond motifs is 1. The van der Waals surface area contributed by atoms with Crippen LogP contribution in [0.15, 0.2) is 18.2 Å². The Morgan fingerprint density at radius 1 is 1.46 bits per heavy atom. The highest BCUT2D eigenvalue weighted by atomic mass is 35.5. The Balaban J connectivity index is 2.37. The lowest BCUT2D eigenvalue weighted by Crippen LogP contribution is -2.40. The number of anilines is 1. The molecule has 70 valence electrons. The van der Waals surface area contributed by atoms with E-state index in [1.54, 1.807) is 0 Å². The molecule has 0 bridgehead atoms. The van der Waals surface area contributed by atoms with Crippen molar-refractivity contribution >= 4 is 17.3 Å². The fraction of sp³-hybridized carbons (Fsp3) is 0.400. The van der Waals surface area contributed by atoms with Crippen molar-refractivity contribution < 1.29 is 4.74 Å². The number of nitrogens with one attached hydrogen (secondary N) is 1. The first-order valence-electron chi connectivity index (χ1n) is 4.27. The van der Waals surface area contributed by atoms with Gasteiger partial charge in [0.15, 0.2) is 0 Å². The molecule has 0 radical (unpaired) electrons. The molecule has 0 unspecified atom stereocenters. The van der Waals surface area contributed by atoms with Crippen LogP contribution in [0, 0.1) is 0 Å². The van der Waals surface area contributed by atoms with Gasteiger partial charge in [0.2, 0.25) is 0 Å². The van der Waals surface area contributed by atoms with E-state index in [9.17, 15) is 0 Å². The highest BCUT2D eigenvalue weighted by Crippen LogP contribution is 2.34. The summed E-state index contributed by atoms with van der Waals surface area (Å²) >= 11 is 5.84. The molecule has 0 saturated carbocycles. The average molecular weight is 198 g/mol. The third-order valence-electron chi connectivity index (χ3n) is 2.01. The van der Waals surface area contributed by atoms with Crippen LogP contribution in [-0.4, -0.2) is 12.1 Å². The zero-order valence-corrected chi connectivity index (χ0v) is 8.48. The lowest BCUT2D eigenvalue weighted by molar-refractivity contribution is 0.242.